The third-order valence-electron chi connectivity index (χ3n) is 2.77. The lowest BCUT2D eigenvalue weighted by Gasteiger charge is -2.17. The predicted molar refractivity (Wildman–Crippen MR) is 72.1 cm³/mol. The van der Waals surface area contributed by atoms with E-state index in [1.807, 2.05) is 19.0 Å². The Balaban J connectivity index is 2.35. The maximum absolute atomic E-state index is 9.72. The van der Waals surface area contributed by atoms with Gasteiger partial charge in [0, 0.05) is 19.6 Å². The predicted octanol–water partition coefficient (Wildman–Crippen LogP) is 1.26. The monoisotopic (exact) mass is 236 g/mol. The van der Waals surface area contributed by atoms with Crippen LogP contribution >= 0.6 is 0 Å². The van der Waals surface area contributed by atoms with Crippen molar-refractivity contribution in [3.63, 3.8) is 0 Å². The van der Waals surface area contributed by atoms with Crippen LogP contribution in [-0.2, 0) is 13.0 Å². The highest BCUT2D eigenvalue weighted by Gasteiger charge is 2.05. The fourth-order valence-corrected chi connectivity index (χ4v) is 1.93. The Morgan fingerprint density at radius 3 is 2.47 bits per heavy atom. The molecule has 3 nitrogen and oxygen atoms in total. The molecule has 0 aliphatic carbocycles. The Morgan fingerprint density at radius 2 is 1.88 bits per heavy atom. The lowest BCUT2D eigenvalue weighted by atomic mass is 10.1. The fraction of sp³-hybridized carbons (Fsp3) is 0.571. The second-order valence-electron chi connectivity index (χ2n) is 4.67. The van der Waals surface area contributed by atoms with Gasteiger partial charge in [0.05, 0.1) is 6.10 Å². The zero-order chi connectivity index (χ0) is 12.7. The van der Waals surface area contributed by atoms with Crippen molar-refractivity contribution < 1.29 is 5.11 Å². The Morgan fingerprint density at radius 1 is 1.24 bits per heavy atom. The first-order valence-electron chi connectivity index (χ1n) is 6.23. The standard InChI is InChI=1S/C14H24N2O/c1-4-12-7-5-6-8-13(12)9-15-10-14(17)11-16(2)3/h5-8,14-15,17H,4,9-11H2,1-3H3. The van der Waals surface area contributed by atoms with Gasteiger partial charge in [0.2, 0.25) is 0 Å². The van der Waals surface area contributed by atoms with E-state index >= 15 is 0 Å². The van der Waals surface area contributed by atoms with Crippen molar-refractivity contribution in [2.75, 3.05) is 27.2 Å². The van der Waals surface area contributed by atoms with Crippen molar-refractivity contribution in [3.05, 3.63) is 35.4 Å². The molecular weight excluding hydrogens is 212 g/mol. The molecule has 1 atom stereocenters. The molecule has 0 saturated carbocycles. The zero-order valence-electron chi connectivity index (χ0n) is 11.1. The van der Waals surface area contributed by atoms with E-state index in [4.69, 9.17) is 0 Å². The molecule has 1 aromatic carbocycles. The van der Waals surface area contributed by atoms with E-state index in [1.54, 1.807) is 0 Å². The summed E-state index contributed by atoms with van der Waals surface area (Å²) in [6, 6.07) is 8.44. The molecule has 2 N–H and O–H groups in total. The number of aliphatic hydroxyl groups excluding tert-OH is 1. The van der Waals surface area contributed by atoms with Crippen molar-refractivity contribution >= 4 is 0 Å². The molecule has 17 heavy (non-hydrogen) atoms. The van der Waals surface area contributed by atoms with E-state index in [0.717, 1.165) is 13.0 Å². The number of hydrogen-bond acceptors (Lipinski definition) is 3. The smallest absolute Gasteiger partial charge is 0.0791 e. The Bertz CT molecular complexity index is 326. The summed E-state index contributed by atoms with van der Waals surface area (Å²) in [6.45, 7) is 4.33. The van der Waals surface area contributed by atoms with Gasteiger partial charge in [-0.2, -0.15) is 0 Å². The van der Waals surface area contributed by atoms with Gasteiger partial charge in [0.15, 0.2) is 0 Å². The number of nitrogens with one attached hydrogen (secondary N) is 1. The lowest BCUT2D eigenvalue weighted by molar-refractivity contribution is 0.134. The second-order valence-corrected chi connectivity index (χ2v) is 4.67. The summed E-state index contributed by atoms with van der Waals surface area (Å²) >= 11 is 0. The molecule has 1 unspecified atom stereocenters. The summed E-state index contributed by atoms with van der Waals surface area (Å²) in [4.78, 5) is 1.99. The van der Waals surface area contributed by atoms with Crippen molar-refractivity contribution in [2.45, 2.75) is 26.0 Å². The first kappa shape index (κ1) is 14.2. The molecule has 0 aliphatic heterocycles. The van der Waals surface area contributed by atoms with Crippen molar-refractivity contribution in [1.29, 1.82) is 0 Å². The van der Waals surface area contributed by atoms with E-state index < -0.39 is 0 Å². The largest absolute Gasteiger partial charge is 0.390 e. The molecule has 0 amide bonds. The van der Waals surface area contributed by atoms with Crippen LogP contribution in [0.25, 0.3) is 0 Å². The molecule has 0 aliphatic rings. The number of benzene rings is 1. The van der Waals surface area contributed by atoms with Gasteiger partial charge in [-0.15, -0.1) is 0 Å². The van der Waals surface area contributed by atoms with E-state index in [2.05, 4.69) is 36.5 Å². The number of hydrogen-bond donors (Lipinski definition) is 2. The van der Waals surface area contributed by atoms with Crippen LogP contribution in [0.1, 0.15) is 18.1 Å². The van der Waals surface area contributed by atoms with Gasteiger partial charge in [-0.1, -0.05) is 31.2 Å². The molecule has 1 aromatic rings. The van der Waals surface area contributed by atoms with Crippen molar-refractivity contribution in [1.82, 2.24) is 10.2 Å². The van der Waals surface area contributed by atoms with Crippen LogP contribution in [0, 0.1) is 0 Å². The average molecular weight is 236 g/mol. The number of aliphatic hydroxyl groups is 1. The van der Waals surface area contributed by atoms with Gasteiger partial charge in [-0.05, 0) is 31.6 Å². The summed E-state index contributed by atoms with van der Waals surface area (Å²) < 4.78 is 0. The van der Waals surface area contributed by atoms with E-state index in [0.29, 0.717) is 13.1 Å². The van der Waals surface area contributed by atoms with Gasteiger partial charge < -0.3 is 15.3 Å². The number of aryl methyl sites for hydroxylation is 1. The maximum atomic E-state index is 9.72. The van der Waals surface area contributed by atoms with Gasteiger partial charge in [0.25, 0.3) is 0 Å². The van der Waals surface area contributed by atoms with Crippen LogP contribution in [-0.4, -0.2) is 43.3 Å². The molecule has 1 rings (SSSR count). The molecule has 0 fully saturated rings. The molecule has 0 heterocycles. The summed E-state index contributed by atoms with van der Waals surface area (Å²) in [5.41, 5.74) is 2.70. The van der Waals surface area contributed by atoms with Gasteiger partial charge in [0.1, 0.15) is 0 Å². The second kappa shape index (κ2) is 7.43. The topological polar surface area (TPSA) is 35.5 Å². The molecular formula is C14H24N2O. The number of nitrogens with zero attached hydrogens (tertiary/aromatic N) is 1. The zero-order valence-corrected chi connectivity index (χ0v) is 11.1. The van der Waals surface area contributed by atoms with Crippen LogP contribution in [0.3, 0.4) is 0 Å². The minimum absolute atomic E-state index is 0.307. The normalized spacial score (nSPS) is 13.0. The molecule has 0 saturated heterocycles. The molecule has 0 bridgehead atoms. The Kier molecular flexibility index (Phi) is 6.19. The first-order valence-corrected chi connectivity index (χ1v) is 6.23. The average Bonchev–Trinajstić information content (AvgIpc) is 2.28. The van der Waals surface area contributed by atoms with Crippen LogP contribution in [0.15, 0.2) is 24.3 Å². The van der Waals surface area contributed by atoms with E-state index in [-0.39, 0.29) is 6.10 Å². The fourth-order valence-electron chi connectivity index (χ4n) is 1.93. The highest BCUT2D eigenvalue weighted by molar-refractivity contribution is 5.26. The summed E-state index contributed by atoms with van der Waals surface area (Å²) in [7, 11) is 3.94. The Labute approximate surface area is 104 Å². The molecule has 0 aromatic heterocycles. The molecule has 0 radical (unpaired) electrons. The summed E-state index contributed by atoms with van der Waals surface area (Å²) in [5.74, 6) is 0. The Hall–Kier alpha value is -0.900. The van der Waals surface area contributed by atoms with Crippen LogP contribution in [0.5, 0.6) is 0 Å². The minimum atomic E-state index is -0.307. The van der Waals surface area contributed by atoms with E-state index in [9.17, 15) is 5.11 Å². The summed E-state index contributed by atoms with van der Waals surface area (Å²) in [6.07, 6.45) is 0.747. The molecule has 3 heteroatoms. The maximum Gasteiger partial charge on any atom is 0.0791 e. The van der Waals surface area contributed by atoms with Crippen molar-refractivity contribution in [3.8, 4) is 0 Å². The van der Waals surface area contributed by atoms with E-state index in [1.165, 1.54) is 11.1 Å². The van der Waals surface area contributed by atoms with Crippen LogP contribution in [0.4, 0.5) is 0 Å². The summed E-state index contributed by atoms with van der Waals surface area (Å²) in [5, 5.41) is 13.0. The quantitative estimate of drug-likeness (QED) is 0.748. The van der Waals surface area contributed by atoms with Crippen molar-refractivity contribution in [2.24, 2.45) is 0 Å². The van der Waals surface area contributed by atoms with Gasteiger partial charge >= 0.3 is 0 Å². The number of rotatable bonds is 7. The third-order valence-corrected chi connectivity index (χ3v) is 2.77. The van der Waals surface area contributed by atoms with Crippen LogP contribution in [0.2, 0.25) is 0 Å². The minimum Gasteiger partial charge on any atom is -0.390 e. The first-order chi connectivity index (χ1) is 8.13. The molecule has 0 spiro atoms. The van der Waals surface area contributed by atoms with Gasteiger partial charge in [-0.3, -0.25) is 0 Å². The van der Waals surface area contributed by atoms with Crippen LogP contribution < -0.4 is 5.32 Å². The SMILES string of the molecule is CCc1ccccc1CNCC(O)CN(C)C. The lowest BCUT2D eigenvalue weighted by Crippen LogP contribution is -2.34. The van der Waals surface area contributed by atoms with Gasteiger partial charge in [-0.25, -0.2) is 0 Å². The highest BCUT2D eigenvalue weighted by atomic mass is 16.3. The third kappa shape index (κ3) is 5.31. The highest BCUT2D eigenvalue weighted by Crippen LogP contribution is 2.08. The number of likely N-dealkylation sites (N-methyl/N-ethyl adjacent to an activating group) is 1. The molecule has 96 valence electrons.